The molecule has 0 bridgehead atoms. The third-order valence-electron chi connectivity index (χ3n) is 4.41. The summed E-state index contributed by atoms with van der Waals surface area (Å²) in [7, 11) is 0. The van der Waals surface area contributed by atoms with E-state index in [-0.39, 0.29) is 5.56 Å². The van der Waals surface area contributed by atoms with Gasteiger partial charge in [0, 0.05) is 40.8 Å². The van der Waals surface area contributed by atoms with Crippen molar-refractivity contribution < 1.29 is 0 Å². The third kappa shape index (κ3) is 2.63. The van der Waals surface area contributed by atoms with Gasteiger partial charge in [0.05, 0.1) is 0 Å². The first kappa shape index (κ1) is 15.3. The number of rotatable bonds is 3. The number of benzene rings is 1. The van der Waals surface area contributed by atoms with Crippen LogP contribution in [0.2, 0.25) is 0 Å². The van der Waals surface area contributed by atoms with Crippen LogP contribution in [-0.2, 0) is 6.42 Å². The molecule has 5 heteroatoms. The number of aromatic nitrogens is 4. The van der Waals surface area contributed by atoms with E-state index in [1.54, 1.807) is 10.7 Å². The van der Waals surface area contributed by atoms with Crippen molar-refractivity contribution in [2.24, 2.45) is 0 Å². The van der Waals surface area contributed by atoms with E-state index in [1.807, 2.05) is 62.4 Å². The van der Waals surface area contributed by atoms with Gasteiger partial charge in [0.1, 0.15) is 0 Å². The monoisotopic (exact) mass is 330 g/mol. The van der Waals surface area contributed by atoms with Gasteiger partial charge >= 0.3 is 0 Å². The zero-order valence-corrected chi connectivity index (χ0v) is 14.2. The van der Waals surface area contributed by atoms with Gasteiger partial charge in [-0.1, -0.05) is 36.4 Å². The molecule has 1 aromatic carbocycles. The highest BCUT2D eigenvalue weighted by Crippen LogP contribution is 2.26. The van der Waals surface area contributed by atoms with Crippen molar-refractivity contribution in [3.63, 3.8) is 0 Å². The molecular weight excluding hydrogens is 312 g/mol. The Kier molecular flexibility index (Phi) is 3.69. The third-order valence-corrected chi connectivity index (χ3v) is 4.41. The number of hydrogen-bond donors (Lipinski definition) is 1. The lowest BCUT2D eigenvalue weighted by Crippen LogP contribution is -2.22. The Bertz CT molecular complexity index is 1100. The smallest absolute Gasteiger partial charge is 0.276 e. The Hall–Kier alpha value is -3.21. The Labute approximate surface area is 145 Å². The Morgan fingerprint density at radius 3 is 2.52 bits per heavy atom. The minimum Gasteiger partial charge on any atom is -0.293 e. The molecule has 3 heterocycles. The first-order chi connectivity index (χ1) is 12.1. The Morgan fingerprint density at radius 1 is 1.04 bits per heavy atom. The van der Waals surface area contributed by atoms with Crippen molar-refractivity contribution >= 4 is 5.65 Å². The number of pyridine rings is 1. The molecule has 1 N–H and O–H groups in total. The molecule has 0 saturated carbocycles. The van der Waals surface area contributed by atoms with Crippen LogP contribution in [0.5, 0.6) is 0 Å². The zero-order valence-electron chi connectivity index (χ0n) is 14.2. The zero-order chi connectivity index (χ0) is 17.4. The molecule has 0 atom stereocenters. The Morgan fingerprint density at radius 2 is 1.80 bits per heavy atom. The highest BCUT2D eigenvalue weighted by atomic mass is 16.1. The largest absolute Gasteiger partial charge is 0.293 e. The van der Waals surface area contributed by atoms with Gasteiger partial charge in [-0.05, 0) is 31.5 Å². The summed E-state index contributed by atoms with van der Waals surface area (Å²) in [5, 5.41) is 3.17. The van der Waals surface area contributed by atoms with Gasteiger partial charge in [0.15, 0.2) is 5.65 Å². The second-order valence-corrected chi connectivity index (χ2v) is 6.12. The maximum absolute atomic E-state index is 13.0. The number of fused-ring (bicyclic) bond motifs is 1. The first-order valence-electron chi connectivity index (χ1n) is 8.21. The van der Waals surface area contributed by atoms with Crippen molar-refractivity contribution in [3.05, 3.63) is 87.7 Å². The molecule has 0 amide bonds. The summed E-state index contributed by atoms with van der Waals surface area (Å²) < 4.78 is 1.54. The SMILES string of the molecule is Cc1nc2c(-c3ccccc3)c(C)[nH]n2c(=O)c1Cc1ccccn1. The van der Waals surface area contributed by atoms with Gasteiger partial charge in [-0.15, -0.1) is 0 Å². The van der Waals surface area contributed by atoms with Gasteiger partial charge in [0.2, 0.25) is 0 Å². The number of aromatic amines is 1. The lowest BCUT2D eigenvalue weighted by molar-refractivity contribution is 0.843. The summed E-state index contributed by atoms with van der Waals surface area (Å²) in [4.78, 5) is 22.1. The van der Waals surface area contributed by atoms with Crippen LogP contribution >= 0.6 is 0 Å². The molecule has 0 aliphatic carbocycles. The average molecular weight is 330 g/mol. The van der Waals surface area contributed by atoms with E-state index in [0.717, 1.165) is 28.2 Å². The van der Waals surface area contributed by atoms with Crippen LogP contribution in [-0.4, -0.2) is 19.6 Å². The number of hydrogen-bond acceptors (Lipinski definition) is 3. The fourth-order valence-corrected chi connectivity index (χ4v) is 3.16. The molecule has 0 radical (unpaired) electrons. The van der Waals surface area contributed by atoms with E-state index in [1.165, 1.54) is 0 Å². The normalized spacial score (nSPS) is 11.1. The van der Waals surface area contributed by atoms with Crippen molar-refractivity contribution in [1.82, 2.24) is 19.6 Å². The summed E-state index contributed by atoms with van der Waals surface area (Å²) in [5.74, 6) is 0. The predicted molar refractivity (Wildman–Crippen MR) is 97.8 cm³/mol. The second-order valence-electron chi connectivity index (χ2n) is 6.12. The molecule has 0 saturated heterocycles. The van der Waals surface area contributed by atoms with E-state index >= 15 is 0 Å². The standard InChI is InChI=1S/C20H18N4O/c1-13-17(12-16-10-6-7-11-21-16)20(25)24-19(22-13)18(14(2)23-24)15-8-4-3-5-9-15/h3-11,23H,12H2,1-2H3. The average Bonchev–Trinajstić information content (AvgIpc) is 2.96. The summed E-state index contributed by atoms with van der Waals surface area (Å²) in [5.41, 5.74) is 5.78. The molecule has 0 spiro atoms. The molecule has 25 heavy (non-hydrogen) atoms. The van der Waals surface area contributed by atoms with Crippen molar-refractivity contribution in [2.75, 3.05) is 0 Å². The lowest BCUT2D eigenvalue weighted by Gasteiger charge is -2.06. The van der Waals surface area contributed by atoms with E-state index in [4.69, 9.17) is 4.98 Å². The summed E-state index contributed by atoms with van der Waals surface area (Å²) in [6.45, 7) is 3.85. The lowest BCUT2D eigenvalue weighted by atomic mass is 10.1. The predicted octanol–water partition coefficient (Wildman–Crippen LogP) is 3.29. The number of nitrogens with zero attached hydrogens (tertiary/aromatic N) is 3. The fourth-order valence-electron chi connectivity index (χ4n) is 3.16. The molecule has 4 rings (SSSR count). The fraction of sp³-hybridized carbons (Fsp3) is 0.150. The van der Waals surface area contributed by atoms with Gasteiger partial charge in [-0.2, -0.15) is 0 Å². The van der Waals surface area contributed by atoms with E-state index < -0.39 is 0 Å². The molecule has 124 valence electrons. The molecule has 0 unspecified atom stereocenters. The van der Waals surface area contributed by atoms with Gasteiger partial charge in [0.25, 0.3) is 5.56 Å². The minimum absolute atomic E-state index is 0.0709. The number of H-pyrrole nitrogens is 1. The second kappa shape index (κ2) is 6.02. The Balaban J connectivity index is 1.91. The highest BCUT2D eigenvalue weighted by Gasteiger charge is 2.17. The maximum atomic E-state index is 13.0. The van der Waals surface area contributed by atoms with Crippen LogP contribution in [0.1, 0.15) is 22.6 Å². The molecule has 3 aromatic heterocycles. The number of nitrogens with one attached hydrogen (secondary N) is 1. The van der Waals surface area contributed by atoms with E-state index in [2.05, 4.69) is 10.1 Å². The van der Waals surface area contributed by atoms with Crippen LogP contribution in [0.3, 0.4) is 0 Å². The molecule has 0 aliphatic heterocycles. The summed E-state index contributed by atoms with van der Waals surface area (Å²) >= 11 is 0. The molecule has 0 fully saturated rings. The topological polar surface area (TPSA) is 63.1 Å². The van der Waals surface area contributed by atoms with Crippen molar-refractivity contribution in [2.45, 2.75) is 20.3 Å². The van der Waals surface area contributed by atoms with Crippen molar-refractivity contribution in [1.29, 1.82) is 0 Å². The number of aryl methyl sites for hydroxylation is 2. The molecule has 0 aliphatic rings. The quantitative estimate of drug-likeness (QED) is 0.627. The highest BCUT2D eigenvalue weighted by molar-refractivity contribution is 5.79. The van der Waals surface area contributed by atoms with Gasteiger partial charge in [-0.25, -0.2) is 9.50 Å². The molecular formula is C20H18N4O. The van der Waals surface area contributed by atoms with Crippen LogP contribution in [0.15, 0.2) is 59.5 Å². The van der Waals surface area contributed by atoms with E-state index in [0.29, 0.717) is 17.6 Å². The van der Waals surface area contributed by atoms with Gasteiger partial charge < -0.3 is 0 Å². The van der Waals surface area contributed by atoms with E-state index in [9.17, 15) is 4.79 Å². The van der Waals surface area contributed by atoms with Crippen molar-refractivity contribution in [3.8, 4) is 11.1 Å². The molecule has 5 nitrogen and oxygen atoms in total. The van der Waals surface area contributed by atoms with Gasteiger partial charge in [-0.3, -0.25) is 14.9 Å². The van der Waals surface area contributed by atoms with Crippen LogP contribution < -0.4 is 5.56 Å². The summed E-state index contributed by atoms with van der Waals surface area (Å²) in [6.07, 6.45) is 2.21. The van der Waals surface area contributed by atoms with Crippen LogP contribution in [0.4, 0.5) is 0 Å². The minimum atomic E-state index is -0.0709. The van der Waals surface area contributed by atoms with Crippen LogP contribution in [0.25, 0.3) is 16.8 Å². The van der Waals surface area contributed by atoms with Crippen LogP contribution in [0, 0.1) is 13.8 Å². The first-order valence-corrected chi connectivity index (χ1v) is 8.21. The maximum Gasteiger partial charge on any atom is 0.276 e. The molecule has 4 aromatic rings. The summed E-state index contributed by atoms with van der Waals surface area (Å²) in [6, 6.07) is 15.7.